The fourth-order valence-electron chi connectivity index (χ4n) is 2.88. The number of nitrogens with one attached hydrogen (secondary N) is 1. The first kappa shape index (κ1) is 19.7. The summed E-state index contributed by atoms with van der Waals surface area (Å²) in [7, 11) is -0.385. The summed E-state index contributed by atoms with van der Waals surface area (Å²) in [5, 5.41) is 2.88. The molecule has 1 atom stereocenters. The highest BCUT2D eigenvalue weighted by Crippen LogP contribution is 2.27. The molecule has 1 aliphatic heterocycles. The Morgan fingerprint density at radius 2 is 2.12 bits per heavy atom. The van der Waals surface area contributed by atoms with Gasteiger partial charge in [0.05, 0.1) is 31.1 Å². The van der Waals surface area contributed by atoms with Crippen LogP contribution < -0.4 is 10.1 Å². The van der Waals surface area contributed by atoms with Gasteiger partial charge in [0.1, 0.15) is 5.75 Å². The summed E-state index contributed by atoms with van der Waals surface area (Å²) in [4.78, 5) is 12.6. The summed E-state index contributed by atoms with van der Waals surface area (Å²) in [5.74, 6) is -0.0463. The fourth-order valence-corrected chi connectivity index (χ4v) is 4.33. The molecule has 1 unspecified atom stereocenters. The number of sulfonamides is 1. The van der Waals surface area contributed by atoms with Gasteiger partial charge >= 0.3 is 0 Å². The van der Waals surface area contributed by atoms with Crippen LogP contribution in [0.15, 0.2) is 18.2 Å². The van der Waals surface area contributed by atoms with Crippen molar-refractivity contribution in [1.29, 1.82) is 0 Å². The zero-order chi connectivity index (χ0) is 18.4. The molecule has 1 N–H and O–H groups in total. The number of carbonyl (C=O) groups is 1. The highest BCUT2D eigenvalue weighted by molar-refractivity contribution is 7.89. The summed E-state index contributed by atoms with van der Waals surface area (Å²) in [6.45, 7) is 2.73. The zero-order valence-electron chi connectivity index (χ0n) is 14.9. The van der Waals surface area contributed by atoms with Crippen LogP contribution in [0.4, 0.5) is 5.69 Å². The van der Waals surface area contributed by atoms with E-state index in [0.717, 1.165) is 5.56 Å². The van der Waals surface area contributed by atoms with Crippen LogP contribution in [0, 0.1) is 12.8 Å². The number of rotatable bonds is 7. The third kappa shape index (κ3) is 5.17. The summed E-state index contributed by atoms with van der Waals surface area (Å²) in [6, 6.07) is 5.54. The maximum atomic E-state index is 12.6. The van der Waals surface area contributed by atoms with Crippen LogP contribution in [0.2, 0.25) is 0 Å². The number of amides is 1. The van der Waals surface area contributed by atoms with Gasteiger partial charge in [0, 0.05) is 20.2 Å². The first-order valence-electron chi connectivity index (χ1n) is 8.29. The molecular weight excluding hydrogens is 344 g/mol. The molecule has 1 aliphatic rings. The van der Waals surface area contributed by atoms with Gasteiger partial charge in [0.15, 0.2) is 0 Å². The fraction of sp³-hybridized carbons (Fsp3) is 0.588. The molecule has 0 aliphatic carbocycles. The lowest BCUT2D eigenvalue weighted by molar-refractivity contribution is -0.120. The Balaban J connectivity index is 2.06. The molecule has 0 saturated carbocycles. The largest absolute Gasteiger partial charge is 0.495 e. The number of benzene rings is 1. The lowest BCUT2D eigenvalue weighted by Gasteiger charge is -2.31. The number of hydrogen-bond donors (Lipinski definition) is 1. The number of methoxy groups -OCH3 is 2. The molecule has 25 heavy (non-hydrogen) atoms. The van der Waals surface area contributed by atoms with Crippen molar-refractivity contribution in [1.82, 2.24) is 4.31 Å². The lowest BCUT2D eigenvalue weighted by atomic mass is 9.98. The molecule has 0 bridgehead atoms. The Kier molecular flexibility index (Phi) is 6.80. The average molecular weight is 370 g/mol. The second-order valence-corrected chi connectivity index (χ2v) is 8.29. The number of aryl methyl sites for hydroxylation is 1. The zero-order valence-corrected chi connectivity index (χ0v) is 15.8. The number of nitrogens with zero attached hydrogens (tertiary/aromatic N) is 1. The SMILES string of the molecule is COCCS(=O)(=O)N1CCCC(C(=O)Nc2cc(C)ccc2OC)C1. The summed E-state index contributed by atoms with van der Waals surface area (Å²) in [5.41, 5.74) is 1.61. The first-order chi connectivity index (χ1) is 11.9. The normalized spacial score (nSPS) is 18.8. The Labute approximate surface area is 149 Å². The van der Waals surface area contributed by atoms with Crippen LogP contribution in [0.5, 0.6) is 5.75 Å². The Hall–Kier alpha value is -1.64. The summed E-state index contributed by atoms with van der Waals surface area (Å²) >= 11 is 0. The quantitative estimate of drug-likeness (QED) is 0.788. The van der Waals surface area contributed by atoms with Crippen molar-refractivity contribution in [2.75, 3.05) is 45.0 Å². The van der Waals surface area contributed by atoms with Crippen LogP contribution in [-0.4, -0.2) is 58.3 Å². The van der Waals surface area contributed by atoms with Crippen molar-refractivity contribution in [2.24, 2.45) is 5.92 Å². The van der Waals surface area contributed by atoms with Gasteiger partial charge < -0.3 is 14.8 Å². The van der Waals surface area contributed by atoms with E-state index in [-0.39, 0.29) is 30.7 Å². The van der Waals surface area contributed by atoms with Gasteiger partial charge in [0.2, 0.25) is 15.9 Å². The van der Waals surface area contributed by atoms with Gasteiger partial charge in [0.25, 0.3) is 0 Å². The summed E-state index contributed by atoms with van der Waals surface area (Å²) in [6.07, 6.45) is 1.32. The molecule has 1 fully saturated rings. The molecule has 1 amide bonds. The van der Waals surface area contributed by atoms with E-state index in [0.29, 0.717) is 30.8 Å². The van der Waals surface area contributed by atoms with E-state index in [2.05, 4.69) is 5.32 Å². The van der Waals surface area contributed by atoms with E-state index in [1.54, 1.807) is 13.2 Å². The predicted molar refractivity (Wildman–Crippen MR) is 96.3 cm³/mol. The Morgan fingerprint density at radius 3 is 2.80 bits per heavy atom. The van der Waals surface area contributed by atoms with Gasteiger partial charge in [-0.1, -0.05) is 6.07 Å². The maximum Gasteiger partial charge on any atom is 0.228 e. The molecular formula is C17H26N2O5S. The smallest absolute Gasteiger partial charge is 0.228 e. The van der Waals surface area contributed by atoms with Gasteiger partial charge in [-0.2, -0.15) is 0 Å². The van der Waals surface area contributed by atoms with E-state index < -0.39 is 10.0 Å². The first-order valence-corrected chi connectivity index (χ1v) is 9.90. The lowest BCUT2D eigenvalue weighted by Crippen LogP contribution is -2.45. The monoisotopic (exact) mass is 370 g/mol. The highest BCUT2D eigenvalue weighted by atomic mass is 32.2. The molecule has 0 radical (unpaired) electrons. The second kappa shape index (κ2) is 8.64. The predicted octanol–water partition coefficient (Wildman–Crippen LogP) is 1.63. The third-order valence-electron chi connectivity index (χ3n) is 4.31. The van der Waals surface area contributed by atoms with Crippen molar-refractivity contribution in [3.63, 3.8) is 0 Å². The third-order valence-corrected chi connectivity index (χ3v) is 6.11. The molecule has 7 nitrogen and oxygen atoms in total. The van der Waals surface area contributed by atoms with Crippen molar-refractivity contribution < 1.29 is 22.7 Å². The molecule has 1 aromatic carbocycles. The van der Waals surface area contributed by atoms with E-state index in [1.165, 1.54) is 11.4 Å². The van der Waals surface area contributed by atoms with Crippen molar-refractivity contribution in [2.45, 2.75) is 19.8 Å². The highest BCUT2D eigenvalue weighted by Gasteiger charge is 2.32. The number of ether oxygens (including phenoxy) is 2. The Bertz CT molecular complexity index is 705. The van der Waals surface area contributed by atoms with Crippen LogP contribution in [0.1, 0.15) is 18.4 Å². The topological polar surface area (TPSA) is 84.9 Å². The standard InChI is InChI=1S/C17H26N2O5S/c1-13-6-7-16(24-3)15(11-13)18-17(20)14-5-4-8-19(12-14)25(21,22)10-9-23-2/h6-7,11,14H,4-5,8-10,12H2,1-3H3,(H,18,20). The Morgan fingerprint density at radius 1 is 1.36 bits per heavy atom. The van der Waals surface area contributed by atoms with E-state index in [1.807, 2.05) is 19.1 Å². The van der Waals surface area contributed by atoms with Gasteiger partial charge in [-0.25, -0.2) is 12.7 Å². The molecule has 1 saturated heterocycles. The maximum absolute atomic E-state index is 12.6. The molecule has 8 heteroatoms. The van der Waals surface area contributed by atoms with E-state index in [9.17, 15) is 13.2 Å². The molecule has 1 heterocycles. The van der Waals surface area contributed by atoms with E-state index in [4.69, 9.17) is 9.47 Å². The molecule has 140 valence electrons. The van der Waals surface area contributed by atoms with Crippen molar-refractivity contribution in [3.8, 4) is 5.75 Å². The number of anilines is 1. The number of hydrogen-bond acceptors (Lipinski definition) is 5. The second-order valence-electron chi connectivity index (χ2n) is 6.20. The van der Waals surface area contributed by atoms with Crippen LogP contribution in [0.25, 0.3) is 0 Å². The molecule has 1 aromatic rings. The minimum Gasteiger partial charge on any atom is -0.495 e. The number of piperidine rings is 1. The van der Waals surface area contributed by atoms with Crippen molar-refractivity contribution >= 4 is 21.6 Å². The minimum absolute atomic E-state index is 0.0659. The van der Waals surface area contributed by atoms with Gasteiger partial charge in [-0.05, 0) is 37.5 Å². The number of carbonyl (C=O) groups excluding carboxylic acids is 1. The van der Waals surface area contributed by atoms with E-state index >= 15 is 0 Å². The molecule has 2 rings (SSSR count). The van der Waals surface area contributed by atoms with Crippen molar-refractivity contribution in [3.05, 3.63) is 23.8 Å². The van der Waals surface area contributed by atoms with Crippen LogP contribution >= 0.6 is 0 Å². The van der Waals surface area contributed by atoms with Gasteiger partial charge in [-0.15, -0.1) is 0 Å². The average Bonchev–Trinajstić information content (AvgIpc) is 2.60. The van der Waals surface area contributed by atoms with Gasteiger partial charge in [-0.3, -0.25) is 4.79 Å². The van der Waals surface area contributed by atoms with Crippen LogP contribution in [-0.2, 0) is 19.6 Å². The molecule has 0 aromatic heterocycles. The minimum atomic E-state index is -3.40. The van der Waals surface area contributed by atoms with Crippen LogP contribution in [0.3, 0.4) is 0 Å². The molecule has 0 spiro atoms. The summed E-state index contributed by atoms with van der Waals surface area (Å²) < 4.78 is 36.1.